The van der Waals surface area contributed by atoms with Gasteiger partial charge in [-0.2, -0.15) is 9.47 Å². The summed E-state index contributed by atoms with van der Waals surface area (Å²) in [5.41, 5.74) is 7.70. The molecule has 6 heteroatoms. The zero-order chi connectivity index (χ0) is 11.7. The van der Waals surface area contributed by atoms with Crippen LogP contribution in [0, 0.1) is 0 Å². The lowest BCUT2D eigenvalue weighted by molar-refractivity contribution is 1.10. The van der Waals surface area contributed by atoms with E-state index in [1.54, 1.807) is 6.20 Å². The fourth-order valence-corrected chi connectivity index (χ4v) is 2.41. The number of anilines is 2. The highest BCUT2D eigenvalue weighted by atomic mass is 32.1. The lowest BCUT2D eigenvalue weighted by Gasteiger charge is -2.02. The first kappa shape index (κ1) is 10.1. The number of aromatic amines is 1. The fraction of sp³-hybridized carbons (Fsp3) is 0.0909. The van der Waals surface area contributed by atoms with Crippen LogP contribution in [0.15, 0.2) is 30.5 Å². The zero-order valence-corrected chi connectivity index (χ0v) is 9.79. The van der Waals surface area contributed by atoms with Gasteiger partial charge in [-0.25, -0.2) is 0 Å². The molecule has 0 aliphatic carbocycles. The molecule has 0 spiro atoms. The van der Waals surface area contributed by atoms with Crippen molar-refractivity contribution in [1.82, 2.24) is 14.6 Å². The number of hydrogen-bond acceptors (Lipinski definition) is 5. The SMILES string of the molecule is Nc1[nH]ncc1CNc1snc2ccccc12. The molecule has 86 valence electrons. The smallest absolute Gasteiger partial charge is 0.123 e. The molecule has 0 bridgehead atoms. The topological polar surface area (TPSA) is 79.6 Å². The van der Waals surface area contributed by atoms with Gasteiger partial charge < -0.3 is 11.1 Å². The summed E-state index contributed by atoms with van der Waals surface area (Å²) in [5.74, 6) is 0.603. The average molecular weight is 245 g/mol. The molecule has 4 N–H and O–H groups in total. The average Bonchev–Trinajstić information content (AvgIpc) is 2.93. The molecule has 0 unspecified atom stereocenters. The van der Waals surface area contributed by atoms with Gasteiger partial charge in [-0.3, -0.25) is 5.10 Å². The number of rotatable bonds is 3. The van der Waals surface area contributed by atoms with Gasteiger partial charge in [-0.05, 0) is 23.7 Å². The predicted octanol–water partition coefficient (Wildman–Crippen LogP) is 2.21. The Morgan fingerprint density at radius 3 is 3.06 bits per heavy atom. The summed E-state index contributed by atoms with van der Waals surface area (Å²) in [6, 6.07) is 8.05. The van der Waals surface area contributed by atoms with Crippen molar-refractivity contribution in [3.8, 4) is 0 Å². The van der Waals surface area contributed by atoms with Gasteiger partial charge in [0, 0.05) is 17.5 Å². The van der Waals surface area contributed by atoms with Crippen molar-refractivity contribution in [2.24, 2.45) is 0 Å². The third-order valence-electron chi connectivity index (χ3n) is 2.57. The van der Waals surface area contributed by atoms with Gasteiger partial charge in [-0.1, -0.05) is 12.1 Å². The number of benzene rings is 1. The van der Waals surface area contributed by atoms with Gasteiger partial charge >= 0.3 is 0 Å². The standard InChI is InChI=1S/C11H11N5S/c12-10-7(6-14-15-10)5-13-11-8-3-1-2-4-9(8)16-17-11/h1-4,6,13H,5H2,(H3,12,14,15). The number of aromatic nitrogens is 3. The first-order valence-electron chi connectivity index (χ1n) is 5.20. The molecule has 0 amide bonds. The summed E-state index contributed by atoms with van der Waals surface area (Å²) in [7, 11) is 0. The van der Waals surface area contributed by atoms with E-state index >= 15 is 0 Å². The maximum absolute atomic E-state index is 5.72. The number of fused-ring (bicyclic) bond motifs is 1. The van der Waals surface area contributed by atoms with E-state index in [0.29, 0.717) is 12.4 Å². The van der Waals surface area contributed by atoms with Crippen molar-refractivity contribution in [3.05, 3.63) is 36.0 Å². The van der Waals surface area contributed by atoms with E-state index in [9.17, 15) is 0 Å². The molecule has 3 rings (SSSR count). The molecule has 0 atom stereocenters. The molecule has 0 saturated heterocycles. The number of hydrogen-bond donors (Lipinski definition) is 3. The maximum atomic E-state index is 5.72. The number of nitrogens with one attached hydrogen (secondary N) is 2. The summed E-state index contributed by atoms with van der Waals surface area (Å²) in [6.07, 6.45) is 1.73. The Hall–Kier alpha value is -2.08. The third kappa shape index (κ3) is 1.83. The summed E-state index contributed by atoms with van der Waals surface area (Å²) in [6.45, 7) is 0.647. The minimum absolute atomic E-state index is 0.603. The van der Waals surface area contributed by atoms with Crippen LogP contribution in [0.3, 0.4) is 0 Å². The van der Waals surface area contributed by atoms with Crippen LogP contribution in [0.5, 0.6) is 0 Å². The Labute approximate surface area is 102 Å². The monoisotopic (exact) mass is 245 g/mol. The largest absolute Gasteiger partial charge is 0.384 e. The molecule has 0 aliphatic rings. The Balaban J connectivity index is 1.84. The highest BCUT2D eigenvalue weighted by molar-refractivity contribution is 7.11. The maximum Gasteiger partial charge on any atom is 0.123 e. The van der Waals surface area contributed by atoms with E-state index in [4.69, 9.17) is 5.73 Å². The molecule has 3 aromatic rings. The highest BCUT2D eigenvalue weighted by Crippen LogP contribution is 2.27. The summed E-state index contributed by atoms with van der Waals surface area (Å²) in [5, 5.41) is 12.1. The molecule has 5 nitrogen and oxygen atoms in total. The molecular weight excluding hydrogens is 234 g/mol. The van der Waals surface area contributed by atoms with Gasteiger partial charge in [0.15, 0.2) is 0 Å². The van der Waals surface area contributed by atoms with Crippen LogP contribution in [-0.4, -0.2) is 14.6 Å². The van der Waals surface area contributed by atoms with E-state index in [-0.39, 0.29) is 0 Å². The van der Waals surface area contributed by atoms with Crippen LogP contribution >= 0.6 is 11.5 Å². The minimum atomic E-state index is 0.603. The van der Waals surface area contributed by atoms with Crippen molar-refractivity contribution >= 4 is 33.3 Å². The van der Waals surface area contributed by atoms with Crippen LogP contribution < -0.4 is 11.1 Å². The van der Waals surface area contributed by atoms with Crippen LogP contribution in [0.4, 0.5) is 10.8 Å². The zero-order valence-electron chi connectivity index (χ0n) is 8.97. The lowest BCUT2D eigenvalue weighted by atomic mass is 10.2. The molecule has 17 heavy (non-hydrogen) atoms. The molecule has 2 heterocycles. The van der Waals surface area contributed by atoms with Gasteiger partial charge in [0.2, 0.25) is 0 Å². The van der Waals surface area contributed by atoms with Crippen molar-refractivity contribution in [2.75, 3.05) is 11.1 Å². The van der Waals surface area contributed by atoms with E-state index in [1.807, 2.05) is 18.2 Å². The van der Waals surface area contributed by atoms with Crippen molar-refractivity contribution in [2.45, 2.75) is 6.54 Å². The van der Waals surface area contributed by atoms with Crippen LogP contribution in [-0.2, 0) is 6.54 Å². The first-order valence-corrected chi connectivity index (χ1v) is 5.98. The Bertz CT molecular complexity index is 642. The second-order valence-corrected chi connectivity index (χ2v) is 4.46. The number of nitrogens with two attached hydrogens (primary N) is 1. The predicted molar refractivity (Wildman–Crippen MR) is 69.9 cm³/mol. The Morgan fingerprint density at radius 1 is 1.35 bits per heavy atom. The lowest BCUT2D eigenvalue weighted by Crippen LogP contribution is -2.00. The molecule has 0 aliphatic heterocycles. The quantitative estimate of drug-likeness (QED) is 0.661. The summed E-state index contributed by atoms with van der Waals surface area (Å²) < 4.78 is 4.37. The molecule has 0 fully saturated rings. The first-order chi connectivity index (χ1) is 8.34. The Kier molecular flexibility index (Phi) is 2.41. The van der Waals surface area contributed by atoms with E-state index < -0.39 is 0 Å². The van der Waals surface area contributed by atoms with Crippen molar-refractivity contribution in [3.63, 3.8) is 0 Å². The van der Waals surface area contributed by atoms with E-state index in [1.165, 1.54) is 11.5 Å². The molecule has 1 aromatic carbocycles. The third-order valence-corrected chi connectivity index (χ3v) is 3.41. The fourth-order valence-electron chi connectivity index (χ4n) is 1.65. The van der Waals surface area contributed by atoms with Gasteiger partial charge in [0.25, 0.3) is 0 Å². The molecule has 2 aromatic heterocycles. The van der Waals surface area contributed by atoms with Crippen LogP contribution in [0.1, 0.15) is 5.56 Å². The normalized spacial score (nSPS) is 10.8. The molecule has 0 saturated carbocycles. The second-order valence-electron chi connectivity index (χ2n) is 3.69. The van der Waals surface area contributed by atoms with E-state index in [0.717, 1.165) is 21.5 Å². The van der Waals surface area contributed by atoms with Crippen LogP contribution in [0.25, 0.3) is 10.9 Å². The molecular formula is C11H11N5S. The number of nitrogens with zero attached hydrogens (tertiary/aromatic N) is 2. The van der Waals surface area contributed by atoms with Crippen LogP contribution in [0.2, 0.25) is 0 Å². The highest BCUT2D eigenvalue weighted by Gasteiger charge is 2.06. The van der Waals surface area contributed by atoms with Crippen molar-refractivity contribution in [1.29, 1.82) is 0 Å². The molecule has 0 radical (unpaired) electrons. The second kappa shape index (κ2) is 4.06. The van der Waals surface area contributed by atoms with E-state index in [2.05, 4.69) is 26.0 Å². The summed E-state index contributed by atoms with van der Waals surface area (Å²) in [4.78, 5) is 0. The van der Waals surface area contributed by atoms with Crippen molar-refractivity contribution < 1.29 is 0 Å². The van der Waals surface area contributed by atoms with Gasteiger partial charge in [0.05, 0.1) is 11.7 Å². The van der Waals surface area contributed by atoms with Gasteiger partial charge in [-0.15, -0.1) is 0 Å². The Morgan fingerprint density at radius 2 is 2.24 bits per heavy atom. The summed E-state index contributed by atoms with van der Waals surface area (Å²) >= 11 is 1.46. The number of H-pyrrole nitrogens is 1. The van der Waals surface area contributed by atoms with Gasteiger partial charge in [0.1, 0.15) is 10.8 Å². The minimum Gasteiger partial charge on any atom is -0.384 e. The number of nitrogen functional groups attached to an aromatic ring is 1.